The van der Waals surface area contributed by atoms with Gasteiger partial charge < -0.3 is 15.2 Å². The lowest BCUT2D eigenvalue weighted by Crippen LogP contribution is -2.25. The Morgan fingerprint density at radius 1 is 1.41 bits per heavy atom. The third-order valence-corrected chi connectivity index (χ3v) is 2.47. The minimum absolute atomic E-state index is 0.259. The first-order valence-electron chi connectivity index (χ1n) is 5.97. The van der Waals surface area contributed by atoms with Crippen LogP contribution in [0.1, 0.15) is 18.9 Å². The van der Waals surface area contributed by atoms with Crippen LogP contribution >= 0.6 is 0 Å². The average molecular weight is 235 g/mol. The van der Waals surface area contributed by atoms with Gasteiger partial charge >= 0.3 is 0 Å². The molecule has 94 valence electrons. The number of rotatable bonds is 8. The van der Waals surface area contributed by atoms with E-state index in [2.05, 4.69) is 11.9 Å². The van der Waals surface area contributed by atoms with Gasteiger partial charge in [-0.1, -0.05) is 31.7 Å². The molecule has 0 aromatic heterocycles. The number of hydrogen-bond acceptors (Lipinski definition) is 3. The molecule has 0 saturated heterocycles. The topological polar surface area (TPSA) is 41.5 Å². The Labute approximate surface area is 103 Å². The molecule has 1 aromatic rings. The third kappa shape index (κ3) is 5.52. The zero-order valence-corrected chi connectivity index (χ0v) is 10.4. The predicted octanol–water partition coefficient (Wildman–Crippen LogP) is 2.11. The normalized spacial score (nSPS) is 12.1. The molecule has 3 nitrogen and oxygen atoms in total. The van der Waals surface area contributed by atoms with Gasteiger partial charge in [-0.15, -0.1) is 0 Å². The van der Waals surface area contributed by atoms with Crippen LogP contribution in [0.3, 0.4) is 0 Å². The van der Waals surface area contributed by atoms with E-state index in [0.717, 1.165) is 18.7 Å². The van der Waals surface area contributed by atoms with Gasteiger partial charge in [-0.3, -0.25) is 0 Å². The van der Waals surface area contributed by atoms with Gasteiger partial charge in [0.2, 0.25) is 0 Å². The number of benzene rings is 1. The summed E-state index contributed by atoms with van der Waals surface area (Å²) < 4.78 is 5.39. The number of aliphatic hydroxyl groups is 1. The fourth-order valence-corrected chi connectivity index (χ4v) is 1.39. The Hall–Kier alpha value is -1.32. The van der Waals surface area contributed by atoms with E-state index in [0.29, 0.717) is 13.2 Å². The average Bonchev–Trinajstić information content (AvgIpc) is 2.37. The predicted molar refractivity (Wildman–Crippen MR) is 70.1 cm³/mol. The van der Waals surface area contributed by atoms with E-state index in [9.17, 15) is 5.11 Å². The quantitative estimate of drug-likeness (QED) is 0.678. The highest BCUT2D eigenvalue weighted by molar-refractivity contribution is 5.27. The number of ether oxygens (including phenoxy) is 1. The van der Waals surface area contributed by atoms with Gasteiger partial charge in [0.15, 0.2) is 0 Å². The smallest absolute Gasteiger partial charge is 0.119 e. The van der Waals surface area contributed by atoms with Crippen molar-refractivity contribution in [1.82, 2.24) is 5.32 Å². The van der Waals surface area contributed by atoms with E-state index in [1.165, 1.54) is 5.56 Å². The molecule has 0 fully saturated rings. The van der Waals surface area contributed by atoms with E-state index in [-0.39, 0.29) is 6.10 Å². The Morgan fingerprint density at radius 2 is 2.12 bits per heavy atom. The SMILES string of the molecule is C=CCOc1ccc(CNCC(O)CC)cc1. The minimum atomic E-state index is -0.259. The van der Waals surface area contributed by atoms with Gasteiger partial charge in [0.25, 0.3) is 0 Å². The van der Waals surface area contributed by atoms with Crippen molar-refractivity contribution in [2.45, 2.75) is 26.0 Å². The zero-order chi connectivity index (χ0) is 12.5. The lowest BCUT2D eigenvalue weighted by Gasteiger charge is -2.10. The van der Waals surface area contributed by atoms with E-state index < -0.39 is 0 Å². The Morgan fingerprint density at radius 3 is 2.71 bits per heavy atom. The number of hydrogen-bond donors (Lipinski definition) is 2. The Balaban J connectivity index is 2.32. The monoisotopic (exact) mass is 235 g/mol. The molecular weight excluding hydrogens is 214 g/mol. The molecule has 1 atom stereocenters. The minimum Gasteiger partial charge on any atom is -0.490 e. The lowest BCUT2D eigenvalue weighted by atomic mass is 10.2. The highest BCUT2D eigenvalue weighted by atomic mass is 16.5. The summed E-state index contributed by atoms with van der Waals surface area (Å²) in [6.07, 6.45) is 2.24. The summed E-state index contributed by atoms with van der Waals surface area (Å²) in [7, 11) is 0. The van der Waals surface area contributed by atoms with Crippen molar-refractivity contribution in [3.63, 3.8) is 0 Å². The molecule has 0 amide bonds. The van der Waals surface area contributed by atoms with Crippen LogP contribution in [0, 0.1) is 0 Å². The van der Waals surface area contributed by atoms with Gasteiger partial charge in [0, 0.05) is 13.1 Å². The maximum absolute atomic E-state index is 9.39. The van der Waals surface area contributed by atoms with Gasteiger partial charge in [-0.05, 0) is 24.1 Å². The van der Waals surface area contributed by atoms with Crippen molar-refractivity contribution >= 4 is 0 Å². The summed E-state index contributed by atoms with van der Waals surface area (Å²) >= 11 is 0. The molecule has 1 unspecified atom stereocenters. The summed E-state index contributed by atoms with van der Waals surface area (Å²) in [4.78, 5) is 0. The van der Waals surface area contributed by atoms with Crippen LogP contribution in [0.2, 0.25) is 0 Å². The van der Waals surface area contributed by atoms with E-state index in [1.807, 2.05) is 31.2 Å². The molecule has 0 aliphatic rings. The van der Waals surface area contributed by atoms with Gasteiger partial charge in [0.05, 0.1) is 6.10 Å². The summed E-state index contributed by atoms with van der Waals surface area (Å²) in [5, 5.41) is 12.6. The lowest BCUT2D eigenvalue weighted by molar-refractivity contribution is 0.167. The summed E-state index contributed by atoms with van der Waals surface area (Å²) in [5.74, 6) is 0.849. The Bertz CT molecular complexity index is 321. The van der Waals surface area contributed by atoms with E-state index in [4.69, 9.17) is 4.74 Å². The van der Waals surface area contributed by atoms with Crippen LogP contribution in [0.15, 0.2) is 36.9 Å². The van der Waals surface area contributed by atoms with Crippen LogP contribution in [-0.4, -0.2) is 24.4 Å². The Kier molecular flexibility index (Phi) is 6.37. The second-order valence-electron chi connectivity index (χ2n) is 3.94. The van der Waals surface area contributed by atoms with Crippen LogP contribution in [-0.2, 0) is 6.54 Å². The first-order chi connectivity index (χ1) is 8.26. The molecule has 2 N–H and O–H groups in total. The fraction of sp³-hybridized carbons (Fsp3) is 0.429. The summed E-state index contributed by atoms with van der Waals surface area (Å²) in [5.41, 5.74) is 1.18. The second kappa shape index (κ2) is 7.87. The molecule has 1 rings (SSSR count). The van der Waals surface area contributed by atoms with Crippen molar-refractivity contribution in [3.8, 4) is 5.75 Å². The maximum Gasteiger partial charge on any atom is 0.119 e. The zero-order valence-electron chi connectivity index (χ0n) is 10.4. The number of aliphatic hydroxyl groups excluding tert-OH is 1. The number of nitrogens with one attached hydrogen (secondary N) is 1. The highest BCUT2D eigenvalue weighted by Crippen LogP contribution is 2.11. The van der Waals surface area contributed by atoms with Crippen molar-refractivity contribution < 1.29 is 9.84 Å². The van der Waals surface area contributed by atoms with Crippen molar-refractivity contribution in [3.05, 3.63) is 42.5 Å². The van der Waals surface area contributed by atoms with Gasteiger partial charge in [-0.25, -0.2) is 0 Å². The third-order valence-electron chi connectivity index (χ3n) is 2.47. The van der Waals surface area contributed by atoms with Crippen molar-refractivity contribution in [2.24, 2.45) is 0 Å². The first-order valence-corrected chi connectivity index (χ1v) is 5.97. The highest BCUT2D eigenvalue weighted by Gasteiger charge is 1.99. The molecule has 0 aliphatic heterocycles. The summed E-state index contributed by atoms with van der Waals surface area (Å²) in [6, 6.07) is 7.92. The molecule has 0 radical (unpaired) electrons. The summed E-state index contributed by atoms with van der Waals surface area (Å²) in [6.45, 7) is 7.49. The van der Waals surface area contributed by atoms with E-state index >= 15 is 0 Å². The molecule has 0 heterocycles. The van der Waals surface area contributed by atoms with Crippen molar-refractivity contribution in [2.75, 3.05) is 13.2 Å². The second-order valence-corrected chi connectivity index (χ2v) is 3.94. The van der Waals surface area contributed by atoms with Crippen LogP contribution in [0.25, 0.3) is 0 Å². The maximum atomic E-state index is 9.39. The molecule has 17 heavy (non-hydrogen) atoms. The molecule has 0 bridgehead atoms. The molecule has 0 spiro atoms. The van der Waals surface area contributed by atoms with E-state index in [1.54, 1.807) is 6.08 Å². The first kappa shape index (κ1) is 13.7. The van der Waals surface area contributed by atoms with Crippen molar-refractivity contribution in [1.29, 1.82) is 0 Å². The molecular formula is C14H21NO2. The largest absolute Gasteiger partial charge is 0.490 e. The van der Waals surface area contributed by atoms with Crippen LogP contribution in [0.4, 0.5) is 0 Å². The standard InChI is InChI=1S/C14H21NO2/c1-3-9-17-14-7-5-12(6-8-14)10-15-11-13(16)4-2/h3,5-8,13,15-16H,1,4,9-11H2,2H3. The van der Waals surface area contributed by atoms with Crippen LogP contribution < -0.4 is 10.1 Å². The van der Waals surface area contributed by atoms with Crippen LogP contribution in [0.5, 0.6) is 5.75 Å². The molecule has 1 aromatic carbocycles. The molecule has 0 aliphatic carbocycles. The molecule has 0 saturated carbocycles. The van der Waals surface area contributed by atoms with Gasteiger partial charge in [-0.2, -0.15) is 0 Å². The van der Waals surface area contributed by atoms with Gasteiger partial charge in [0.1, 0.15) is 12.4 Å². The fourth-order valence-electron chi connectivity index (χ4n) is 1.39. The molecule has 3 heteroatoms.